The molecule has 2 heterocycles. The Hall–Kier alpha value is -2.09. The van der Waals surface area contributed by atoms with Gasteiger partial charge in [0.25, 0.3) is 0 Å². The summed E-state index contributed by atoms with van der Waals surface area (Å²) in [5.74, 6) is 2.07. The van der Waals surface area contributed by atoms with Crippen LogP contribution in [-0.4, -0.2) is 58.0 Å². The van der Waals surface area contributed by atoms with E-state index >= 15 is 0 Å². The lowest BCUT2D eigenvalue weighted by Crippen LogP contribution is -2.52. The lowest BCUT2D eigenvalue weighted by molar-refractivity contribution is 0.0500. The second-order valence-corrected chi connectivity index (χ2v) is 10.0. The molecule has 2 atom stereocenters. The molecule has 4 rings (SSSR count). The normalized spacial score (nSPS) is 21.4. The molecule has 2 unspecified atom stereocenters. The largest absolute Gasteiger partial charge is 0.492 e. The molecular weight excluding hydrogens is 400 g/mol. The number of fused-ring (bicyclic) bond motifs is 1. The molecule has 0 aliphatic carbocycles. The van der Waals surface area contributed by atoms with E-state index in [1.165, 1.54) is 17.5 Å². The Kier molecular flexibility index (Phi) is 6.61. The van der Waals surface area contributed by atoms with Crippen molar-refractivity contribution >= 4 is 10.0 Å². The minimum absolute atomic E-state index is 0.0717. The van der Waals surface area contributed by atoms with Crippen LogP contribution in [0.4, 0.5) is 0 Å². The van der Waals surface area contributed by atoms with Crippen LogP contribution >= 0.6 is 0 Å². The Morgan fingerprint density at radius 2 is 1.97 bits per heavy atom. The number of nitrogens with zero attached hydrogens (tertiary/aromatic N) is 1. The Labute approximate surface area is 179 Å². The summed E-state index contributed by atoms with van der Waals surface area (Å²) in [4.78, 5) is 2.52. The van der Waals surface area contributed by atoms with E-state index in [2.05, 4.69) is 40.0 Å². The highest BCUT2D eigenvalue weighted by molar-refractivity contribution is 7.89. The van der Waals surface area contributed by atoms with Gasteiger partial charge in [-0.05, 0) is 56.6 Å². The highest BCUT2D eigenvalue weighted by atomic mass is 32.2. The second-order valence-electron chi connectivity index (χ2n) is 7.91. The van der Waals surface area contributed by atoms with Crippen molar-refractivity contribution in [3.8, 4) is 11.5 Å². The van der Waals surface area contributed by atoms with Crippen LogP contribution in [0.3, 0.4) is 0 Å². The zero-order chi connectivity index (χ0) is 21.0. The zero-order valence-corrected chi connectivity index (χ0v) is 18.2. The highest BCUT2D eigenvalue weighted by Gasteiger charge is 2.37. The molecule has 0 amide bonds. The molecule has 0 aromatic heterocycles. The molecule has 1 N–H and O–H groups in total. The van der Waals surface area contributed by atoms with Gasteiger partial charge >= 0.3 is 0 Å². The van der Waals surface area contributed by atoms with Crippen LogP contribution in [0.25, 0.3) is 0 Å². The fraction of sp³-hybridized carbons (Fsp3) is 0.478. The average molecular weight is 431 g/mol. The summed E-state index contributed by atoms with van der Waals surface area (Å²) in [6.45, 7) is 5.13. The van der Waals surface area contributed by atoms with Gasteiger partial charge in [-0.2, -0.15) is 0 Å². The third kappa shape index (κ3) is 4.96. The van der Waals surface area contributed by atoms with Crippen molar-refractivity contribution in [1.82, 2.24) is 9.62 Å². The summed E-state index contributed by atoms with van der Waals surface area (Å²) in [5, 5.41) is 0. The second kappa shape index (κ2) is 9.37. The van der Waals surface area contributed by atoms with Crippen LogP contribution in [0.2, 0.25) is 0 Å². The van der Waals surface area contributed by atoms with Gasteiger partial charge in [-0.25, -0.2) is 13.1 Å². The lowest BCUT2D eigenvalue weighted by atomic mass is 9.82. The van der Waals surface area contributed by atoms with Crippen LogP contribution in [0, 0.1) is 0 Å². The third-order valence-corrected chi connectivity index (χ3v) is 7.39. The molecular formula is C23H30N2O4S. The molecule has 2 aliphatic rings. The zero-order valence-electron chi connectivity index (χ0n) is 17.4. The minimum Gasteiger partial charge on any atom is -0.492 e. The summed E-state index contributed by atoms with van der Waals surface area (Å²) < 4.78 is 37.6. The molecule has 30 heavy (non-hydrogen) atoms. The highest BCUT2D eigenvalue weighted by Crippen LogP contribution is 2.41. The molecule has 0 radical (unpaired) electrons. The van der Waals surface area contributed by atoms with E-state index in [1.54, 1.807) is 6.92 Å². The van der Waals surface area contributed by atoms with Crippen molar-refractivity contribution in [2.45, 2.75) is 31.7 Å². The number of ether oxygens (including phenoxy) is 2. The van der Waals surface area contributed by atoms with Gasteiger partial charge in [0, 0.05) is 18.0 Å². The van der Waals surface area contributed by atoms with Gasteiger partial charge in [0.2, 0.25) is 10.0 Å². The predicted octanol–water partition coefficient (Wildman–Crippen LogP) is 2.80. The van der Waals surface area contributed by atoms with Crippen LogP contribution < -0.4 is 14.2 Å². The first-order valence-corrected chi connectivity index (χ1v) is 12.4. The molecule has 6 nitrogen and oxygen atoms in total. The number of nitrogens with one attached hydrogen (secondary N) is 1. The molecule has 0 bridgehead atoms. The fourth-order valence-corrected chi connectivity index (χ4v) is 4.75. The van der Waals surface area contributed by atoms with Crippen molar-refractivity contribution in [2.75, 3.05) is 38.6 Å². The molecule has 2 aromatic carbocycles. The Morgan fingerprint density at radius 1 is 1.17 bits per heavy atom. The molecule has 1 fully saturated rings. The number of sulfonamides is 1. The summed E-state index contributed by atoms with van der Waals surface area (Å²) in [7, 11) is -3.20. The molecule has 7 heteroatoms. The summed E-state index contributed by atoms with van der Waals surface area (Å²) in [6, 6.07) is 16.9. The first kappa shape index (κ1) is 21.2. The van der Waals surface area contributed by atoms with E-state index in [0.717, 1.165) is 31.0 Å². The quantitative estimate of drug-likeness (QED) is 0.620. The maximum atomic E-state index is 11.6. The summed E-state index contributed by atoms with van der Waals surface area (Å²) >= 11 is 0. The van der Waals surface area contributed by atoms with Crippen molar-refractivity contribution in [3.63, 3.8) is 0 Å². The Balaban J connectivity index is 1.50. The van der Waals surface area contributed by atoms with Crippen LogP contribution in [0.5, 0.6) is 11.5 Å². The average Bonchev–Trinajstić information content (AvgIpc) is 2.72. The van der Waals surface area contributed by atoms with E-state index in [0.29, 0.717) is 18.6 Å². The van der Waals surface area contributed by atoms with Crippen molar-refractivity contribution < 1.29 is 17.9 Å². The molecule has 0 spiro atoms. The van der Waals surface area contributed by atoms with Crippen molar-refractivity contribution in [3.05, 3.63) is 59.7 Å². The third-order valence-electron chi connectivity index (χ3n) is 5.99. The van der Waals surface area contributed by atoms with Crippen LogP contribution in [0.15, 0.2) is 48.5 Å². The van der Waals surface area contributed by atoms with Gasteiger partial charge < -0.3 is 9.47 Å². The number of hydrogen-bond acceptors (Lipinski definition) is 5. The number of likely N-dealkylation sites (tertiary alicyclic amines) is 1. The first-order valence-electron chi connectivity index (χ1n) is 10.7. The van der Waals surface area contributed by atoms with E-state index in [-0.39, 0.29) is 18.9 Å². The Bertz CT molecular complexity index is 945. The maximum Gasteiger partial charge on any atom is 0.211 e. The Morgan fingerprint density at radius 3 is 2.67 bits per heavy atom. The fourth-order valence-electron chi connectivity index (χ4n) is 4.15. The summed E-state index contributed by atoms with van der Waals surface area (Å²) in [5.41, 5.74) is 2.50. The van der Waals surface area contributed by atoms with E-state index in [9.17, 15) is 8.42 Å². The molecule has 2 aromatic rings. The number of rotatable bonds is 9. The SMILES string of the molecule is CCS(=O)(=O)NCCOc1ccc2c(c1)C(Cc1ccccc1)C(N1CCC1)CO2. The molecule has 162 valence electrons. The van der Waals surface area contributed by atoms with Crippen LogP contribution in [0.1, 0.15) is 30.4 Å². The molecule has 0 saturated carbocycles. The van der Waals surface area contributed by atoms with Gasteiger partial charge in [-0.1, -0.05) is 30.3 Å². The van der Waals surface area contributed by atoms with E-state index in [1.807, 2.05) is 18.2 Å². The monoisotopic (exact) mass is 430 g/mol. The van der Waals surface area contributed by atoms with Gasteiger partial charge in [-0.15, -0.1) is 0 Å². The lowest BCUT2D eigenvalue weighted by Gasteiger charge is -2.45. The standard InChI is InChI=1S/C23H30N2O4S/c1-2-30(26,27)24-11-14-28-19-9-10-23-21(16-19)20(15-18-7-4-3-5-8-18)22(17-29-23)25-12-6-13-25/h3-5,7-10,16,20,22,24H,2,6,11-15,17H2,1H3. The van der Waals surface area contributed by atoms with Gasteiger partial charge in [0.05, 0.1) is 11.8 Å². The van der Waals surface area contributed by atoms with Gasteiger partial charge in [-0.3, -0.25) is 4.90 Å². The minimum atomic E-state index is -3.20. The maximum absolute atomic E-state index is 11.6. The topological polar surface area (TPSA) is 67.9 Å². The van der Waals surface area contributed by atoms with Crippen molar-refractivity contribution in [2.24, 2.45) is 0 Å². The summed E-state index contributed by atoms with van der Waals surface area (Å²) in [6.07, 6.45) is 2.20. The van der Waals surface area contributed by atoms with E-state index < -0.39 is 10.0 Å². The number of hydrogen-bond donors (Lipinski definition) is 1. The van der Waals surface area contributed by atoms with Gasteiger partial charge in [0.1, 0.15) is 24.7 Å². The van der Waals surface area contributed by atoms with Crippen LogP contribution in [-0.2, 0) is 16.4 Å². The molecule has 1 saturated heterocycles. The smallest absolute Gasteiger partial charge is 0.211 e. The van der Waals surface area contributed by atoms with Crippen molar-refractivity contribution in [1.29, 1.82) is 0 Å². The predicted molar refractivity (Wildman–Crippen MR) is 118 cm³/mol. The number of benzene rings is 2. The van der Waals surface area contributed by atoms with E-state index in [4.69, 9.17) is 9.47 Å². The molecule has 2 aliphatic heterocycles. The first-order chi connectivity index (χ1) is 14.6. The van der Waals surface area contributed by atoms with Gasteiger partial charge in [0.15, 0.2) is 0 Å².